The van der Waals surface area contributed by atoms with E-state index in [0.717, 1.165) is 29.5 Å². The number of anilines is 1. The topological polar surface area (TPSA) is 104 Å². The fourth-order valence-electron chi connectivity index (χ4n) is 1.45. The second-order valence-electron chi connectivity index (χ2n) is 3.71. The fourth-order valence-corrected chi connectivity index (χ4v) is 1.45. The predicted octanol–water partition coefficient (Wildman–Crippen LogP) is 0.570. The van der Waals surface area contributed by atoms with Gasteiger partial charge in [0.2, 0.25) is 0 Å². The maximum absolute atomic E-state index is 7.18. The summed E-state index contributed by atoms with van der Waals surface area (Å²) < 4.78 is 20.0. The Bertz CT molecular complexity index is 499. The standard InChI is InChI=1S/C10H11N3O.2H2O.Pd/c11-8-3-6-5-12-13-9(6)4-10(8)14-7-1-2-7;;;/h3-5,7H,1-2,11H2,(H,12,13);2*1H2;/q;;;+2/p-2. The molecule has 0 unspecified atom stereocenters. The summed E-state index contributed by atoms with van der Waals surface area (Å²) in [6, 6.07) is 3.77. The summed E-state index contributed by atoms with van der Waals surface area (Å²) in [5.74, 6) is 0.757. The van der Waals surface area contributed by atoms with Gasteiger partial charge in [0.15, 0.2) is 0 Å². The minimum absolute atomic E-state index is 0.369. The van der Waals surface area contributed by atoms with Crippen LogP contribution in [-0.4, -0.2) is 24.0 Å². The number of rotatable bonds is 2. The van der Waals surface area contributed by atoms with Crippen molar-refractivity contribution in [1.29, 1.82) is 0 Å². The number of ether oxygens (including phenoxy) is 1. The van der Waals surface area contributed by atoms with Crippen molar-refractivity contribution >= 4 is 16.6 Å². The first-order valence-electron chi connectivity index (χ1n) is 5.01. The van der Waals surface area contributed by atoms with Gasteiger partial charge in [-0.05, 0) is 18.9 Å². The van der Waals surface area contributed by atoms with Crippen molar-refractivity contribution in [3.8, 4) is 5.75 Å². The van der Waals surface area contributed by atoms with Crippen LogP contribution in [0.5, 0.6) is 5.75 Å². The molecule has 0 aliphatic heterocycles. The Labute approximate surface area is 107 Å². The van der Waals surface area contributed by atoms with Gasteiger partial charge in [-0.15, -0.1) is 0 Å². The molecule has 0 saturated heterocycles. The molecule has 3 rings (SSSR count). The minimum atomic E-state index is -1.05. The summed E-state index contributed by atoms with van der Waals surface area (Å²) in [7, 11) is 0. The zero-order chi connectivity index (χ0) is 12.3. The molecule has 17 heavy (non-hydrogen) atoms. The Morgan fingerprint density at radius 1 is 1.41 bits per heavy atom. The van der Waals surface area contributed by atoms with Crippen molar-refractivity contribution in [2.75, 3.05) is 5.73 Å². The van der Waals surface area contributed by atoms with E-state index in [1.165, 1.54) is 0 Å². The van der Waals surface area contributed by atoms with E-state index in [9.17, 15) is 0 Å². The van der Waals surface area contributed by atoms with Crippen molar-refractivity contribution in [1.82, 2.24) is 10.2 Å². The molecule has 1 heterocycles. The Balaban J connectivity index is 0.000000329. The molecule has 5 N–H and O–H groups in total. The van der Waals surface area contributed by atoms with Crippen molar-refractivity contribution in [3.05, 3.63) is 18.3 Å². The van der Waals surface area contributed by atoms with Crippen LogP contribution in [0.4, 0.5) is 5.69 Å². The number of hydrogen-bond donors (Lipinski definition) is 4. The van der Waals surface area contributed by atoms with Crippen LogP contribution >= 0.6 is 0 Å². The number of nitrogens with one attached hydrogen (secondary N) is 1. The van der Waals surface area contributed by atoms with Crippen LogP contribution in [0.15, 0.2) is 18.3 Å². The first kappa shape index (κ1) is 12.3. The van der Waals surface area contributed by atoms with Gasteiger partial charge in [-0.25, -0.2) is 0 Å². The van der Waals surface area contributed by atoms with Crippen LogP contribution in [0.3, 0.4) is 0 Å². The van der Waals surface area contributed by atoms with Gasteiger partial charge in [-0.3, -0.25) is 5.10 Å². The molecule has 1 aliphatic carbocycles. The van der Waals surface area contributed by atoms with Gasteiger partial charge in [0, 0.05) is 17.6 Å². The summed E-state index contributed by atoms with van der Waals surface area (Å²) in [5.41, 5.74) is 7.44. The maximum atomic E-state index is 7.18. The van der Waals surface area contributed by atoms with Crippen LogP contribution in [0.25, 0.3) is 10.9 Å². The van der Waals surface area contributed by atoms with E-state index in [0.29, 0.717) is 11.8 Å². The van der Waals surface area contributed by atoms with E-state index in [2.05, 4.69) is 10.2 Å². The SMILES string of the molecule is Nc1cc2c[nH]nc2cc1OC1CC1.[OH][Pd][OH]. The van der Waals surface area contributed by atoms with E-state index in [4.69, 9.17) is 18.1 Å². The van der Waals surface area contributed by atoms with Gasteiger partial charge in [-0.1, -0.05) is 0 Å². The molecule has 0 spiro atoms. The molecule has 1 aliphatic rings. The zero-order valence-corrected chi connectivity index (χ0v) is 10.4. The van der Waals surface area contributed by atoms with E-state index in [1.54, 1.807) is 0 Å². The molecule has 1 aromatic heterocycles. The molecular formula is C10H13N3O3Pd. The molecule has 96 valence electrons. The van der Waals surface area contributed by atoms with Gasteiger partial charge in [0.25, 0.3) is 0 Å². The van der Waals surface area contributed by atoms with Gasteiger partial charge in [0.1, 0.15) is 5.75 Å². The Morgan fingerprint density at radius 2 is 2.12 bits per heavy atom. The zero-order valence-electron chi connectivity index (χ0n) is 8.87. The average Bonchev–Trinajstić information content (AvgIpc) is 2.98. The Hall–Kier alpha value is -1.13. The molecule has 0 bridgehead atoms. The summed E-state index contributed by atoms with van der Waals surface area (Å²) in [6.45, 7) is 0. The number of fused-ring (bicyclic) bond motifs is 1. The second kappa shape index (κ2) is 5.47. The summed E-state index contributed by atoms with van der Waals surface area (Å²) in [4.78, 5) is 0. The van der Waals surface area contributed by atoms with Crippen LogP contribution in [0.1, 0.15) is 12.8 Å². The van der Waals surface area contributed by atoms with Crippen molar-refractivity contribution in [2.45, 2.75) is 18.9 Å². The third-order valence-electron chi connectivity index (χ3n) is 2.38. The molecule has 7 heteroatoms. The molecule has 0 amide bonds. The van der Waals surface area contributed by atoms with Crippen LogP contribution in [0.2, 0.25) is 0 Å². The number of nitrogens with zero attached hydrogens (tertiary/aromatic N) is 1. The van der Waals surface area contributed by atoms with Crippen LogP contribution < -0.4 is 10.5 Å². The molecule has 6 nitrogen and oxygen atoms in total. The average molecular weight is 330 g/mol. The summed E-state index contributed by atoms with van der Waals surface area (Å²) in [5, 5.41) is 7.91. The Kier molecular flexibility index (Phi) is 3.97. The van der Waals surface area contributed by atoms with Gasteiger partial charge in [-0.2, -0.15) is 5.10 Å². The number of aromatic amines is 1. The molecule has 0 atom stereocenters. The molecule has 1 fully saturated rings. The van der Waals surface area contributed by atoms with Gasteiger partial charge < -0.3 is 10.5 Å². The van der Waals surface area contributed by atoms with Crippen molar-refractivity contribution < 1.29 is 31.1 Å². The molecule has 1 aromatic carbocycles. The van der Waals surface area contributed by atoms with E-state index >= 15 is 0 Å². The number of nitrogens with two attached hydrogens (primary N) is 1. The second-order valence-corrected chi connectivity index (χ2v) is 4.03. The van der Waals surface area contributed by atoms with E-state index < -0.39 is 18.7 Å². The number of aromatic nitrogens is 2. The monoisotopic (exact) mass is 329 g/mol. The summed E-state index contributed by atoms with van der Waals surface area (Å²) >= 11 is -1.05. The van der Waals surface area contributed by atoms with Crippen molar-refractivity contribution in [2.24, 2.45) is 0 Å². The third-order valence-corrected chi connectivity index (χ3v) is 2.38. The predicted molar refractivity (Wildman–Crippen MR) is 58.6 cm³/mol. The number of H-pyrrole nitrogens is 1. The first-order valence-corrected chi connectivity index (χ1v) is 6.40. The Morgan fingerprint density at radius 3 is 2.76 bits per heavy atom. The number of nitrogen functional groups attached to an aromatic ring is 1. The van der Waals surface area contributed by atoms with Crippen LogP contribution in [0, 0.1) is 0 Å². The first-order chi connectivity index (χ1) is 8.24. The molecule has 0 radical (unpaired) electrons. The van der Waals surface area contributed by atoms with E-state index in [1.807, 2.05) is 18.3 Å². The van der Waals surface area contributed by atoms with Crippen molar-refractivity contribution in [3.63, 3.8) is 0 Å². The summed E-state index contributed by atoms with van der Waals surface area (Å²) in [6.07, 6.45) is 4.47. The third kappa shape index (κ3) is 3.17. The molecule has 1 saturated carbocycles. The fraction of sp³-hybridized carbons (Fsp3) is 0.300. The number of hydrogen-bond acceptors (Lipinski definition) is 5. The van der Waals surface area contributed by atoms with Crippen LogP contribution in [-0.2, 0) is 18.7 Å². The molecular weight excluding hydrogens is 317 g/mol. The van der Waals surface area contributed by atoms with E-state index in [-0.39, 0.29) is 0 Å². The normalized spacial score (nSPS) is 14.5. The number of benzene rings is 1. The quantitative estimate of drug-likeness (QED) is 0.476. The van der Waals surface area contributed by atoms with Gasteiger partial charge in [0.05, 0.1) is 17.3 Å². The van der Waals surface area contributed by atoms with Gasteiger partial charge >= 0.3 is 26.4 Å². The molecule has 2 aromatic rings.